The van der Waals surface area contributed by atoms with E-state index in [-0.39, 0.29) is 5.54 Å². The van der Waals surface area contributed by atoms with Crippen molar-refractivity contribution in [2.75, 3.05) is 18.5 Å². The fourth-order valence-corrected chi connectivity index (χ4v) is 3.51. The average Bonchev–Trinajstić information content (AvgIpc) is 2.88. The Kier molecular flexibility index (Phi) is 5.25. The number of hydrogen-bond acceptors (Lipinski definition) is 3. The lowest BCUT2D eigenvalue weighted by atomic mass is 9.85. The van der Waals surface area contributed by atoms with Crippen LogP contribution in [0.3, 0.4) is 0 Å². The van der Waals surface area contributed by atoms with Crippen molar-refractivity contribution in [3.63, 3.8) is 0 Å². The van der Waals surface area contributed by atoms with Gasteiger partial charge < -0.3 is 4.90 Å². The third-order valence-corrected chi connectivity index (χ3v) is 4.58. The molecule has 0 aliphatic heterocycles. The van der Waals surface area contributed by atoms with Crippen LogP contribution in [-0.2, 0) is 0 Å². The topological polar surface area (TPSA) is 39.1 Å². The molecule has 1 saturated carbocycles. The number of hydrogen-bond donors (Lipinski definition) is 1. The summed E-state index contributed by atoms with van der Waals surface area (Å²) < 4.78 is 0. The quantitative estimate of drug-likeness (QED) is 0.868. The van der Waals surface area contributed by atoms with Crippen LogP contribution < -0.4 is 10.2 Å². The Morgan fingerprint density at radius 2 is 2.10 bits per heavy atom. The standard InChI is InChI=1S/C18H27N3/c1-15(2)20-18(14-19)12-7-8-16(18)11-13-21(3)17-9-5-4-6-10-17/h4-6,9-10,15-16,20H,7-8,11-13H2,1-3H3. The minimum absolute atomic E-state index is 0.314. The highest BCUT2D eigenvalue weighted by molar-refractivity contribution is 5.44. The second-order valence-corrected chi connectivity index (χ2v) is 6.52. The van der Waals surface area contributed by atoms with Crippen LogP contribution >= 0.6 is 0 Å². The van der Waals surface area contributed by atoms with Gasteiger partial charge in [0.1, 0.15) is 5.54 Å². The Hall–Kier alpha value is -1.53. The molecule has 2 atom stereocenters. The van der Waals surface area contributed by atoms with Crippen molar-refractivity contribution >= 4 is 5.69 Å². The molecule has 0 bridgehead atoms. The van der Waals surface area contributed by atoms with Gasteiger partial charge in [-0.15, -0.1) is 0 Å². The van der Waals surface area contributed by atoms with E-state index < -0.39 is 0 Å². The van der Waals surface area contributed by atoms with E-state index in [0.717, 1.165) is 32.2 Å². The van der Waals surface area contributed by atoms with Gasteiger partial charge in [0.2, 0.25) is 0 Å². The molecule has 3 nitrogen and oxygen atoms in total. The van der Waals surface area contributed by atoms with Crippen molar-refractivity contribution in [2.24, 2.45) is 5.92 Å². The zero-order valence-electron chi connectivity index (χ0n) is 13.5. The number of benzene rings is 1. The normalized spacial score (nSPS) is 25.0. The highest BCUT2D eigenvalue weighted by Crippen LogP contribution is 2.38. The Bertz CT molecular complexity index is 477. The number of nitrogens with zero attached hydrogens (tertiary/aromatic N) is 2. The van der Waals surface area contributed by atoms with E-state index in [4.69, 9.17) is 0 Å². The van der Waals surface area contributed by atoms with Crippen LogP contribution in [0.4, 0.5) is 5.69 Å². The minimum Gasteiger partial charge on any atom is -0.375 e. The third kappa shape index (κ3) is 3.77. The van der Waals surface area contributed by atoms with Crippen molar-refractivity contribution in [2.45, 2.75) is 51.1 Å². The molecule has 0 aromatic heterocycles. The fourth-order valence-electron chi connectivity index (χ4n) is 3.51. The lowest BCUT2D eigenvalue weighted by molar-refractivity contribution is 0.283. The summed E-state index contributed by atoms with van der Waals surface area (Å²) in [6, 6.07) is 13.4. The maximum Gasteiger partial charge on any atom is 0.109 e. The van der Waals surface area contributed by atoms with Gasteiger partial charge in [-0.25, -0.2) is 0 Å². The maximum absolute atomic E-state index is 9.69. The first-order chi connectivity index (χ1) is 10.1. The summed E-state index contributed by atoms with van der Waals surface area (Å²) >= 11 is 0. The van der Waals surface area contributed by atoms with Crippen molar-refractivity contribution < 1.29 is 0 Å². The van der Waals surface area contributed by atoms with Crippen LogP contribution in [-0.4, -0.2) is 25.2 Å². The minimum atomic E-state index is -0.314. The van der Waals surface area contributed by atoms with Crippen molar-refractivity contribution in [1.29, 1.82) is 5.26 Å². The zero-order chi connectivity index (χ0) is 15.3. The summed E-state index contributed by atoms with van der Waals surface area (Å²) in [5.41, 5.74) is 0.931. The lowest BCUT2D eigenvalue weighted by Crippen LogP contribution is -2.50. The molecular weight excluding hydrogens is 258 g/mol. The van der Waals surface area contributed by atoms with Gasteiger partial charge in [0.25, 0.3) is 0 Å². The number of para-hydroxylation sites is 1. The molecular formula is C18H27N3. The molecule has 1 aromatic rings. The summed E-state index contributed by atoms with van der Waals surface area (Å²) in [6.07, 6.45) is 4.38. The van der Waals surface area contributed by atoms with Crippen molar-refractivity contribution in [1.82, 2.24) is 5.32 Å². The molecule has 1 N–H and O–H groups in total. The molecule has 0 radical (unpaired) electrons. The van der Waals surface area contributed by atoms with E-state index in [1.807, 2.05) is 6.07 Å². The number of nitriles is 1. The molecule has 1 fully saturated rings. The number of nitrogens with one attached hydrogen (secondary N) is 1. The second-order valence-electron chi connectivity index (χ2n) is 6.52. The van der Waals surface area contributed by atoms with Crippen LogP contribution in [0.15, 0.2) is 30.3 Å². The van der Waals surface area contributed by atoms with E-state index in [9.17, 15) is 5.26 Å². The fraction of sp³-hybridized carbons (Fsp3) is 0.611. The molecule has 3 heteroatoms. The Balaban J connectivity index is 1.97. The molecule has 1 aliphatic carbocycles. The largest absolute Gasteiger partial charge is 0.375 e. The van der Waals surface area contributed by atoms with Crippen LogP contribution in [0.2, 0.25) is 0 Å². The number of anilines is 1. The monoisotopic (exact) mass is 285 g/mol. The van der Waals surface area contributed by atoms with Gasteiger partial charge >= 0.3 is 0 Å². The van der Waals surface area contributed by atoms with E-state index in [2.05, 4.69) is 61.4 Å². The molecule has 0 saturated heterocycles. The molecule has 0 heterocycles. The van der Waals surface area contributed by atoms with Crippen LogP contribution in [0, 0.1) is 17.2 Å². The lowest BCUT2D eigenvalue weighted by Gasteiger charge is -2.33. The Labute approximate surface area is 129 Å². The molecule has 0 spiro atoms. The van der Waals surface area contributed by atoms with Gasteiger partial charge in [0.05, 0.1) is 6.07 Å². The summed E-state index contributed by atoms with van der Waals surface area (Å²) in [6.45, 7) is 5.26. The predicted molar refractivity (Wildman–Crippen MR) is 88.3 cm³/mol. The smallest absolute Gasteiger partial charge is 0.109 e. The van der Waals surface area contributed by atoms with Crippen molar-refractivity contribution in [3.05, 3.63) is 30.3 Å². The van der Waals surface area contributed by atoms with E-state index in [0.29, 0.717) is 12.0 Å². The summed E-state index contributed by atoms with van der Waals surface area (Å²) in [5, 5.41) is 13.2. The molecule has 21 heavy (non-hydrogen) atoms. The molecule has 114 valence electrons. The summed E-state index contributed by atoms with van der Waals surface area (Å²) in [4.78, 5) is 2.29. The average molecular weight is 285 g/mol. The van der Waals surface area contributed by atoms with E-state index in [1.165, 1.54) is 5.69 Å². The SMILES string of the molecule is CC(C)NC1(C#N)CCCC1CCN(C)c1ccccc1. The molecule has 1 aliphatic rings. The van der Waals surface area contributed by atoms with E-state index >= 15 is 0 Å². The summed E-state index contributed by atoms with van der Waals surface area (Å²) in [5.74, 6) is 0.455. The first-order valence-corrected chi connectivity index (χ1v) is 8.02. The Morgan fingerprint density at radius 3 is 2.71 bits per heavy atom. The predicted octanol–water partition coefficient (Wildman–Crippen LogP) is 3.57. The first kappa shape index (κ1) is 15.9. The molecule has 0 amide bonds. The van der Waals surface area contributed by atoms with Crippen LogP contribution in [0.1, 0.15) is 39.5 Å². The van der Waals surface area contributed by atoms with Gasteiger partial charge in [0.15, 0.2) is 0 Å². The van der Waals surface area contributed by atoms with Gasteiger partial charge in [-0.3, -0.25) is 5.32 Å². The zero-order valence-corrected chi connectivity index (χ0v) is 13.5. The van der Waals surface area contributed by atoms with Gasteiger partial charge in [-0.2, -0.15) is 5.26 Å². The van der Waals surface area contributed by atoms with Gasteiger partial charge in [-0.1, -0.05) is 24.6 Å². The number of rotatable bonds is 6. The highest BCUT2D eigenvalue weighted by Gasteiger charge is 2.43. The van der Waals surface area contributed by atoms with Gasteiger partial charge in [0, 0.05) is 25.3 Å². The van der Waals surface area contributed by atoms with E-state index in [1.54, 1.807) is 0 Å². The first-order valence-electron chi connectivity index (χ1n) is 8.02. The second kappa shape index (κ2) is 6.95. The third-order valence-electron chi connectivity index (χ3n) is 4.58. The van der Waals surface area contributed by atoms with Gasteiger partial charge in [-0.05, 0) is 51.2 Å². The summed E-state index contributed by atoms with van der Waals surface area (Å²) in [7, 11) is 2.13. The van der Waals surface area contributed by atoms with Crippen LogP contribution in [0.25, 0.3) is 0 Å². The Morgan fingerprint density at radius 1 is 1.38 bits per heavy atom. The molecule has 1 aromatic carbocycles. The highest BCUT2D eigenvalue weighted by atomic mass is 15.1. The van der Waals surface area contributed by atoms with Crippen molar-refractivity contribution in [3.8, 4) is 6.07 Å². The molecule has 2 rings (SSSR count). The molecule has 2 unspecified atom stereocenters. The maximum atomic E-state index is 9.69. The van der Waals surface area contributed by atoms with Crippen LogP contribution in [0.5, 0.6) is 0 Å².